The van der Waals surface area contributed by atoms with E-state index in [2.05, 4.69) is 0 Å². The van der Waals surface area contributed by atoms with Crippen molar-refractivity contribution in [1.29, 1.82) is 0 Å². The van der Waals surface area contributed by atoms with Crippen LogP contribution in [-0.2, 0) is 4.79 Å². The molecule has 5 nitrogen and oxygen atoms in total. The average Bonchev–Trinajstić information content (AvgIpc) is 3.23. The third-order valence-corrected chi connectivity index (χ3v) is 3.47. The van der Waals surface area contributed by atoms with Gasteiger partial charge in [0.15, 0.2) is 0 Å². The molecule has 1 aliphatic rings. The Morgan fingerprint density at radius 3 is 2.65 bits per heavy atom. The van der Waals surface area contributed by atoms with Crippen molar-refractivity contribution in [2.45, 2.75) is 32.2 Å². The molecule has 1 saturated carbocycles. The lowest BCUT2D eigenvalue weighted by molar-refractivity contribution is -0.137. The van der Waals surface area contributed by atoms with E-state index in [9.17, 15) is 9.59 Å². The summed E-state index contributed by atoms with van der Waals surface area (Å²) in [5.41, 5.74) is 1.51. The van der Waals surface area contributed by atoms with E-state index in [1.54, 1.807) is 24.1 Å². The summed E-state index contributed by atoms with van der Waals surface area (Å²) in [7, 11) is 1.57. The molecule has 0 spiro atoms. The van der Waals surface area contributed by atoms with Crippen LogP contribution in [0.3, 0.4) is 0 Å². The van der Waals surface area contributed by atoms with Crippen LogP contribution in [0.5, 0.6) is 5.75 Å². The molecule has 0 bridgehead atoms. The minimum absolute atomic E-state index is 0.0226. The number of aliphatic carboxylic acids is 1. The SMILES string of the molecule is COc1cc(C(=O)N(CCC(=O)O)C2CC2)ccc1C. The van der Waals surface area contributed by atoms with Crippen molar-refractivity contribution in [3.05, 3.63) is 29.3 Å². The minimum atomic E-state index is -0.884. The largest absolute Gasteiger partial charge is 0.496 e. The maximum absolute atomic E-state index is 12.5. The van der Waals surface area contributed by atoms with Crippen LogP contribution in [0.4, 0.5) is 0 Å². The molecule has 0 aliphatic heterocycles. The molecule has 1 fully saturated rings. The number of rotatable bonds is 6. The number of methoxy groups -OCH3 is 1. The molecule has 1 aliphatic carbocycles. The number of hydrogen-bond donors (Lipinski definition) is 1. The Kier molecular flexibility index (Phi) is 4.27. The van der Waals surface area contributed by atoms with E-state index >= 15 is 0 Å². The number of nitrogens with zero attached hydrogens (tertiary/aromatic N) is 1. The number of benzene rings is 1. The van der Waals surface area contributed by atoms with Gasteiger partial charge in [-0.3, -0.25) is 9.59 Å². The first-order valence-electron chi connectivity index (χ1n) is 6.70. The molecule has 1 amide bonds. The molecule has 0 radical (unpaired) electrons. The van der Waals surface area contributed by atoms with Crippen molar-refractivity contribution in [3.8, 4) is 5.75 Å². The highest BCUT2D eigenvalue weighted by molar-refractivity contribution is 5.95. The van der Waals surface area contributed by atoms with Crippen LogP contribution in [0.15, 0.2) is 18.2 Å². The van der Waals surface area contributed by atoms with Crippen molar-refractivity contribution in [2.75, 3.05) is 13.7 Å². The van der Waals surface area contributed by atoms with Gasteiger partial charge in [-0.15, -0.1) is 0 Å². The van der Waals surface area contributed by atoms with Crippen LogP contribution < -0.4 is 4.74 Å². The van der Waals surface area contributed by atoms with E-state index in [-0.39, 0.29) is 24.9 Å². The molecule has 1 aromatic carbocycles. The second-order valence-electron chi connectivity index (χ2n) is 5.06. The first-order chi connectivity index (χ1) is 9.52. The van der Waals surface area contributed by atoms with Gasteiger partial charge in [-0.1, -0.05) is 6.07 Å². The lowest BCUT2D eigenvalue weighted by atomic mass is 10.1. The Morgan fingerprint density at radius 1 is 1.40 bits per heavy atom. The maximum atomic E-state index is 12.5. The number of carbonyl (C=O) groups excluding carboxylic acids is 1. The highest BCUT2D eigenvalue weighted by Gasteiger charge is 2.33. The molecule has 5 heteroatoms. The van der Waals surface area contributed by atoms with Crippen molar-refractivity contribution >= 4 is 11.9 Å². The van der Waals surface area contributed by atoms with Crippen molar-refractivity contribution in [1.82, 2.24) is 4.90 Å². The smallest absolute Gasteiger partial charge is 0.305 e. The first-order valence-corrected chi connectivity index (χ1v) is 6.70. The molecular formula is C15H19NO4. The number of amides is 1. The number of aryl methyl sites for hydroxylation is 1. The minimum Gasteiger partial charge on any atom is -0.496 e. The van der Waals surface area contributed by atoms with Crippen molar-refractivity contribution in [3.63, 3.8) is 0 Å². The fourth-order valence-corrected chi connectivity index (χ4v) is 2.17. The third kappa shape index (κ3) is 3.29. The number of hydrogen-bond acceptors (Lipinski definition) is 3. The quantitative estimate of drug-likeness (QED) is 0.864. The summed E-state index contributed by atoms with van der Waals surface area (Å²) >= 11 is 0. The van der Waals surface area contributed by atoms with Gasteiger partial charge in [-0.2, -0.15) is 0 Å². The van der Waals surface area contributed by atoms with E-state index in [1.807, 2.05) is 13.0 Å². The van der Waals surface area contributed by atoms with Gasteiger partial charge in [0, 0.05) is 18.2 Å². The Balaban J connectivity index is 2.16. The van der Waals surface area contributed by atoms with Crippen LogP contribution in [-0.4, -0.2) is 41.6 Å². The zero-order chi connectivity index (χ0) is 14.7. The van der Waals surface area contributed by atoms with E-state index in [1.165, 1.54) is 0 Å². The number of ether oxygens (including phenoxy) is 1. The number of carboxylic acids is 1. The lowest BCUT2D eigenvalue weighted by Crippen LogP contribution is -2.35. The molecule has 1 N–H and O–H groups in total. The zero-order valence-corrected chi connectivity index (χ0v) is 11.8. The van der Waals surface area contributed by atoms with Gasteiger partial charge in [0.1, 0.15) is 5.75 Å². The molecule has 0 aromatic heterocycles. The number of carboxylic acid groups (broad SMARTS) is 1. The first kappa shape index (κ1) is 14.4. The average molecular weight is 277 g/mol. The predicted molar refractivity (Wildman–Crippen MR) is 74.0 cm³/mol. The van der Waals surface area contributed by atoms with Gasteiger partial charge in [0.25, 0.3) is 5.91 Å². The Labute approximate surface area is 118 Å². The summed E-state index contributed by atoms with van der Waals surface area (Å²) in [4.78, 5) is 24.9. The summed E-state index contributed by atoms with van der Waals surface area (Å²) < 4.78 is 5.22. The highest BCUT2D eigenvalue weighted by atomic mass is 16.5. The van der Waals surface area contributed by atoms with Crippen LogP contribution in [0.2, 0.25) is 0 Å². The molecule has 108 valence electrons. The van der Waals surface area contributed by atoms with Crippen molar-refractivity contribution in [2.24, 2.45) is 0 Å². The van der Waals surface area contributed by atoms with E-state index in [0.29, 0.717) is 11.3 Å². The van der Waals surface area contributed by atoms with Gasteiger partial charge in [-0.25, -0.2) is 0 Å². The zero-order valence-electron chi connectivity index (χ0n) is 11.8. The second-order valence-corrected chi connectivity index (χ2v) is 5.06. The molecule has 2 rings (SSSR count). The summed E-state index contributed by atoms with van der Waals surface area (Å²) in [6.45, 7) is 2.17. The Morgan fingerprint density at radius 2 is 2.10 bits per heavy atom. The van der Waals surface area contributed by atoms with Crippen LogP contribution in [0.1, 0.15) is 35.2 Å². The molecule has 0 saturated heterocycles. The predicted octanol–water partition coefficient (Wildman–Crippen LogP) is 2.08. The molecule has 0 heterocycles. The van der Waals surface area contributed by atoms with Gasteiger partial charge in [0.2, 0.25) is 0 Å². The fraction of sp³-hybridized carbons (Fsp3) is 0.467. The molecule has 1 aromatic rings. The van der Waals surface area contributed by atoms with Crippen LogP contribution in [0, 0.1) is 6.92 Å². The number of carbonyl (C=O) groups is 2. The van der Waals surface area contributed by atoms with Gasteiger partial charge in [-0.05, 0) is 37.5 Å². The second kappa shape index (κ2) is 5.94. The van der Waals surface area contributed by atoms with Gasteiger partial charge >= 0.3 is 5.97 Å². The molecular weight excluding hydrogens is 258 g/mol. The molecule has 0 atom stereocenters. The topological polar surface area (TPSA) is 66.8 Å². The normalized spacial score (nSPS) is 13.9. The molecule has 20 heavy (non-hydrogen) atoms. The highest BCUT2D eigenvalue weighted by Crippen LogP contribution is 2.29. The van der Waals surface area contributed by atoms with Crippen LogP contribution >= 0.6 is 0 Å². The van der Waals surface area contributed by atoms with Gasteiger partial charge in [0.05, 0.1) is 13.5 Å². The summed E-state index contributed by atoms with van der Waals surface area (Å²) in [5.74, 6) is -0.332. The van der Waals surface area contributed by atoms with E-state index in [0.717, 1.165) is 18.4 Å². The lowest BCUT2D eigenvalue weighted by Gasteiger charge is -2.22. The van der Waals surface area contributed by atoms with E-state index in [4.69, 9.17) is 9.84 Å². The van der Waals surface area contributed by atoms with Gasteiger partial charge < -0.3 is 14.7 Å². The van der Waals surface area contributed by atoms with Crippen LogP contribution in [0.25, 0.3) is 0 Å². The summed E-state index contributed by atoms with van der Waals surface area (Å²) in [6, 6.07) is 5.51. The summed E-state index contributed by atoms with van der Waals surface area (Å²) in [6.07, 6.45) is 1.88. The Hall–Kier alpha value is -2.04. The van der Waals surface area contributed by atoms with Crippen molar-refractivity contribution < 1.29 is 19.4 Å². The standard InChI is InChI=1S/C15H19NO4/c1-10-3-4-11(9-13(10)20-2)15(19)16(12-5-6-12)8-7-14(17)18/h3-4,9,12H,5-8H2,1-2H3,(H,17,18). The molecule has 0 unspecified atom stereocenters. The van der Waals surface area contributed by atoms with E-state index < -0.39 is 5.97 Å². The summed E-state index contributed by atoms with van der Waals surface area (Å²) in [5, 5.41) is 8.78. The maximum Gasteiger partial charge on any atom is 0.305 e. The monoisotopic (exact) mass is 277 g/mol. The fourth-order valence-electron chi connectivity index (χ4n) is 2.17. The Bertz CT molecular complexity index is 523. The third-order valence-electron chi connectivity index (χ3n) is 3.47.